The quantitative estimate of drug-likeness (QED) is 0.442. The molecule has 3 aromatic rings. The normalized spacial score (nSPS) is 14.0. The molecule has 2 amide bonds. The number of hydrogen-bond donors (Lipinski definition) is 1. The van der Waals surface area contributed by atoms with Gasteiger partial charge in [-0.3, -0.25) is 9.59 Å². The van der Waals surface area contributed by atoms with E-state index >= 15 is 0 Å². The number of carbonyl (C=O) groups is 2. The number of thiophene rings is 1. The summed E-state index contributed by atoms with van der Waals surface area (Å²) in [4.78, 5) is 40.8. The molecular formula is C27H35N5O4S. The molecule has 0 radical (unpaired) electrons. The number of ether oxygens (including phenoxy) is 2. The predicted molar refractivity (Wildman–Crippen MR) is 147 cm³/mol. The summed E-state index contributed by atoms with van der Waals surface area (Å²) < 4.78 is 11.2. The van der Waals surface area contributed by atoms with Crippen molar-refractivity contribution in [2.45, 2.75) is 40.5 Å². The summed E-state index contributed by atoms with van der Waals surface area (Å²) in [6.45, 7) is 10.5. The van der Waals surface area contributed by atoms with Gasteiger partial charge in [-0.15, -0.1) is 11.3 Å². The summed E-state index contributed by atoms with van der Waals surface area (Å²) in [6.07, 6.45) is 3.06. The Hall–Kier alpha value is -3.40. The van der Waals surface area contributed by atoms with Crippen molar-refractivity contribution in [1.82, 2.24) is 14.9 Å². The number of nitrogens with zero attached hydrogens (tertiary/aromatic N) is 4. The molecule has 0 spiro atoms. The molecule has 0 saturated carbocycles. The zero-order valence-corrected chi connectivity index (χ0v) is 23.0. The number of fused-ring (bicyclic) bond motifs is 1. The fourth-order valence-corrected chi connectivity index (χ4v) is 5.67. The molecule has 1 N–H and O–H groups in total. The molecule has 3 heterocycles. The molecular weight excluding hydrogens is 490 g/mol. The average Bonchev–Trinajstić information content (AvgIpc) is 3.18. The number of piperidine rings is 1. The smallest absolute Gasteiger partial charge is 0.243 e. The van der Waals surface area contributed by atoms with E-state index in [1.807, 2.05) is 13.8 Å². The topological polar surface area (TPSA) is 96.9 Å². The maximum Gasteiger partial charge on any atom is 0.243 e. The summed E-state index contributed by atoms with van der Waals surface area (Å²) in [6, 6.07) is 5.28. The van der Waals surface area contributed by atoms with Crippen LogP contribution in [0.5, 0.6) is 11.5 Å². The second-order valence-corrected chi connectivity index (χ2v) is 10.4. The molecule has 1 aliphatic heterocycles. The van der Waals surface area contributed by atoms with Crippen LogP contribution in [0.25, 0.3) is 10.2 Å². The monoisotopic (exact) mass is 525 g/mol. The van der Waals surface area contributed by atoms with Crippen LogP contribution in [0.2, 0.25) is 0 Å². The highest BCUT2D eigenvalue weighted by atomic mass is 32.1. The van der Waals surface area contributed by atoms with E-state index < -0.39 is 0 Å². The van der Waals surface area contributed by atoms with E-state index in [-0.39, 0.29) is 24.3 Å². The first-order valence-electron chi connectivity index (χ1n) is 12.7. The van der Waals surface area contributed by atoms with Gasteiger partial charge in [0.2, 0.25) is 11.8 Å². The molecule has 37 heavy (non-hydrogen) atoms. The molecule has 1 aliphatic rings. The SMILES string of the molecule is CCOc1ccc(NC(=O)CN(C)C(=O)C2CCN(c3ncnc4sc(C)c(C)c34)CC2)cc1OCC. The van der Waals surface area contributed by atoms with Gasteiger partial charge in [-0.1, -0.05) is 0 Å². The van der Waals surface area contributed by atoms with Gasteiger partial charge in [-0.05, 0) is 58.2 Å². The van der Waals surface area contributed by atoms with Crippen LogP contribution in [0.1, 0.15) is 37.1 Å². The summed E-state index contributed by atoms with van der Waals surface area (Å²) in [5.41, 5.74) is 1.82. The van der Waals surface area contributed by atoms with Gasteiger partial charge in [-0.2, -0.15) is 0 Å². The van der Waals surface area contributed by atoms with Gasteiger partial charge in [0.25, 0.3) is 0 Å². The van der Waals surface area contributed by atoms with Gasteiger partial charge in [-0.25, -0.2) is 9.97 Å². The molecule has 10 heteroatoms. The second-order valence-electron chi connectivity index (χ2n) is 9.19. The Balaban J connectivity index is 1.33. The fraction of sp³-hybridized carbons (Fsp3) is 0.481. The lowest BCUT2D eigenvalue weighted by molar-refractivity contribution is -0.137. The van der Waals surface area contributed by atoms with Crippen molar-refractivity contribution in [3.63, 3.8) is 0 Å². The van der Waals surface area contributed by atoms with Crippen molar-refractivity contribution in [3.05, 3.63) is 35.0 Å². The molecule has 0 bridgehead atoms. The van der Waals surface area contributed by atoms with Gasteiger partial charge < -0.3 is 24.6 Å². The maximum atomic E-state index is 13.1. The number of aryl methyl sites for hydroxylation is 2. The number of aromatic nitrogens is 2. The van der Waals surface area contributed by atoms with E-state index in [2.05, 4.69) is 34.0 Å². The first-order chi connectivity index (χ1) is 17.8. The highest BCUT2D eigenvalue weighted by molar-refractivity contribution is 7.18. The summed E-state index contributed by atoms with van der Waals surface area (Å²) >= 11 is 1.69. The van der Waals surface area contributed by atoms with E-state index in [0.717, 1.165) is 42.0 Å². The number of hydrogen-bond acceptors (Lipinski definition) is 8. The van der Waals surface area contributed by atoms with Crippen molar-refractivity contribution in [3.8, 4) is 11.5 Å². The number of nitrogens with one attached hydrogen (secondary N) is 1. The number of rotatable bonds is 9. The van der Waals surface area contributed by atoms with Crippen LogP contribution in [0.15, 0.2) is 24.5 Å². The van der Waals surface area contributed by atoms with Crippen LogP contribution in [0, 0.1) is 19.8 Å². The molecule has 9 nitrogen and oxygen atoms in total. The van der Waals surface area contributed by atoms with E-state index in [0.29, 0.717) is 30.4 Å². The third-order valence-corrected chi connectivity index (χ3v) is 7.79. The number of carbonyl (C=O) groups excluding carboxylic acids is 2. The zero-order chi connectivity index (χ0) is 26.5. The van der Waals surface area contributed by atoms with Crippen LogP contribution >= 0.6 is 11.3 Å². The van der Waals surface area contributed by atoms with Crippen LogP contribution < -0.4 is 19.7 Å². The number of anilines is 2. The molecule has 2 aromatic heterocycles. The van der Waals surface area contributed by atoms with Crippen molar-refractivity contribution >= 4 is 44.9 Å². The first kappa shape index (κ1) is 26.7. The van der Waals surface area contributed by atoms with E-state index in [4.69, 9.17) is 9.47 Å². The Morgan fingerprint density at radius 3 is 2.51 bits per heavy atom. The molecule has 0 unspecified atom stereocenters. The maximum absolute atomic E-state index is 13.1. The molecule has 4 rings (SSSR count). The van der Waals surface area contributed by atoms with Gasteiger partial charge in [0.15, 0.2) is 11.5 Å². The third-order valence-electron chi connectivity index (χ3n) is 6.67. The fourth-order valence-electron chi connectivity index (χ4n) is 4.68. The van der Waals surface area contributed by atoms with Crippen LogP contribution in [-0.2, 0) is 9.59 Å². The molecule has 1 aromatic carbocycles. The minimum Gasteiger partial charge on any atom is -0.490 e. The average molecular weight is 526 g/mol. The van der Waals surface area contributed by atoms with E-state index in [1.165, 1.54) is 15.3 Å². The molecule has 0 aliphatic carbocycles. The predicted octanol–water partition coefficient (Wildman–Crippen LogP) is 4.42. The lowest BCUT2D eigenvalue weighted by atomic mass is 9.95. The summed E-state index contributed by atoms with van der Waals surface area (Å²) in [7, 11) is 1.68. The minimum atomic E-state index is -0.258. The zero-order valence-electron chi connectivity index (χ0n) is 22.2. The lowest BCUT2D eigenvalue weighted by Crippen LogP contribution is -2.43. The van der Waals surface area contributed by atoms with Crippen molar-refractivity contribution < 1.29 is 19.1 Å². The van der Waals surface area contributed by atoms with Crippen molar-refractivity contribution in [1.29, 1.82) is 0 Å². The third kappa shape index (κ3) is 5.95. The van der Waals surface area contributed by atoms with Gasteiger partial charge in [0.05, 0.1) is 25.1 Å². The molecule has 1 saturated heterocycles. The Kier molecular flexibility index (Phi) is 8.48. The molecule has 198 valence electrons. The molecule has 0 atom stereocenters. The minimum absolute atomic E-state index is 0.00751. The van der Waals surface area contributed by atoms with E-state index in [9.17, 15) is 9.59 Å². The number of benzene rings is 1. The van der Waals surface area contributed by atoms with Gasteiger partial charge in [0.1, 0.15) is 17.0 Å². The van der Waals surface area contributed by atoms with Crippen LogP contribution in [0.4, 0.5) is 11.5 Å². The first-order valence-corrected chi connectivity index (χ1v) is 13.5. The highest BCUT2D eigenvalue weighted by Gasteiger charge is 2.29. The summed E-state index contributed by atoms with van der Waals surface area (Å²) in [5.74, 6) is 1.78. The summed E-state index contributed by atoms with van der Waals surface area (Å²) in [5, 5.41) is 3.98. The molecule has 1 fully saturated rings. The Labute approximate surface area is 221 Å². The van der Waals surface area contributed by atoms with Gasteiger partial charge >= 0.3 is 0 Å². The number of amides is 2. The Bertz CT molecular complexity index is 1270. The Morgan fingerprint density at radius 2 is 1.81 bits per heavy atom. The van der Waals surface area contributed by atoms with Crippen LogP contribution in [-0.4, -0.2) is 66.6 Å². The van der Waals surface area contributed by atoms with Crippen molar-refractivity contribution in [2.75, 3.05) is 50.1 Å². The van der Waals surface area contributed by atoms with Gasteiger partial charge in [0, 0.05) is 42.7 Å². The largest absolute Gasteiger partial charge is 0.490 e. The standard InChI is InChI=1S/C27H35N5O4S/c1-6-35-21-9-8-20(14-22(21)36-7-2)30-23(33)15-31(5)27(34)19-10-12-32(13-11-19)25-24-17(3)18(4)37-26(24)29-16-28-25/h8-9,14,16,19H,6-7,10-13,15H2,1-5H3,(H,30,33). The Morgan fingerprint density at radius 1 is 1.11 bits per heavy atom. The van der Waals surface area contributed by atoms with Crippen LogP contribution in [0.3, 0.4) is 0 Å². The second kappa shape index (κ2) is 11.8. The highest BCUT2D eigenvalue weighted by Crippen LogP contribution is 2.36. The lowest BCUT2D eigenvalue weighted by Gasteiger charge is -2.34. The number of likely N-dealkylation sites (N-methyl/N-ethyl adjacent to an activating group) is 1. The van der Waals surface area contributed by atoms with Crippen molar-refractivity contribution in [2.24, 2.45) is 5.92 Å². The van der Waals surface area contributed by atoms with E-state index in [1.54, 1.807) is 42.9 Å².